The number of pyridine rings is 1. The number of nitrogens with one attached hydrogen (secondary N) is 1. The third-order valence-corrected chi connectivity index (χ3v) is 4.20. The van der Waals surface area contributed by atoms with Gasteiger partial charge < -0.3 is 4.98 Å². The highest BCUT2D eigenvalue weighted by atomic mass is 79.9. The molecule has 2 aromatic heterocycles. The fourth-order valence-electron chi connectivity index (χ4n) is 2.43. The second kappa shape index (κ2) is 6.54. The van der Waals surface area contributed by atoms with Crippen molar-refractivity contribution in [2.24, 2.45) is 0 Å². The van der Waals surface area contributed by atoms with Crippen LogP contribution in [0.1, 0.15) is 16.7 Å². The Kier molecular flexibility index (Phi) is 4.58. The lowest BCUT2D eigenvalue weighted by molar-refractivity contribution is -0.137. The van der Waals surface area contributed by atoms with Crippen LogP contribution in [0.4, 0.5) is 13.2 Å². The SMILES string of the molecule is N#CC(=Cc1c[nH]c2ncc(Br)cc12)c1cc(Cl)ccc1C(F)(F)F. The number of allylic oxidation sites excluding steroid dienone is 1. The summed E-state index contributed by atoms with van der Waals surface area (Å²) in [6.45, 7) is 0. The molecular formula is C17H8BrClF3N3. The molecular weight excluding hydrogens is 419 g/mol. The van der Waals surface area contributed by atoms with Crippen molar-refractivity contribution in [3.63, 3.8) is 0 Å². The molecule has 25 heavy (non-hydrogen) atoms. The minimum Gasteiger partial charge on any atom is -0.346 e. The molecule has 0 radical (unpaired) electrons. The Balaban J connectivity index is 2.21. The van der Waals surface area contributed by atoms with Crippen LogP contribution in [0.15, 0.2) is 41.1 Å². The van der Waals surface area contributed by atoms with E-state index < -0.39 is 11.7 Å². The van der Waals surface area contributed by atoms with Gasteiger partial charge in [-0.3, -0.25) is 0 Å². The van der Waals surface area contributed by atoms with E-state index in [2.05, 4.69) is 25.9 Å². The second-order valence-electron chi connectivity index (χ2n) is 5.15. The van der Waals surface area contributed by atoms with Gasteiger partial charge in [0.15, 0.2) is 0 Å². The summed E-state index contributed by atoms with van der Waals surface area (Å²) in [5.41, 5.74) is -0.207. The second-order valence-corrected chi connectivity index (χ2v) is 6.50. The predicted octanol–water partition coefficient (Wildman–Crippen LogP) is 6.06. The zero-order valence-electron chi connectivity index (χ0n) is 12.3. The van der Waals surface area contributed by atoms with Crippen LogP contribution in [0.2, 0.25) is 5.02 Å². The Bertz CT molecular complexity index is 1030. The van der Waals surface area contributed by atoms with Crippen molar-refractivity contribution in [2.45, 2.75) is 6.18 Å². The fourth-order valence-corrected chi connectivity index (χ4v) is 2.93. The van der Waals surface area contributed by atoms with E-state index in [0.717, 1.165) is 18.2 Å². The van der Waals surface area contributed by atoms with Gasteiger partial charge in [0.1, 0.15) is 5.65 Å². The van der Waals surface area contributed by atoms with Crippen molar-refractivity contribution in [3.8, 4) is 6.07 Å². The van der Waals surface area contributed by atoms with Crippen LogP contribution in [-0.4, -0.2) is 9.97 Å². The summed E-state index contributed by atoms with van der Waals surface area (Å²) < 4.78 is 40.5. The van der Waals surface area contributed by atoms with Gasteiger partial charge in [-0.05, 0) is 46.3 Å². The first-order chi connectivity index (χ1) is 11.8. The number of fused-ring (bicyclic) bond motifs is 1. The minimum atomic E-state index is -4.60. The number of aromatic nitrogens is 2. The lowest BCUT2D eigenvalue weighted by Gasteiger charge is -2.12. The van der Waals surface area contributed by atoms with E-state index in [-0.39, 0.29) is 16.2 Å². The third-order valence-electron chi connectivity index (χ3n) is 3.53. The zero-order chi connectivity index (χ0) is 18.2. The number of nitrogens with zero attached hydrogens (tertiary/aromatic N) is 2. The highest BCUT2D eigenvalue weighted by molar-refractivity contribution is 9.10. The number of alkyl halides is 3. The molecule has 0 saturated carbocycles. The molecule has 8 heteroatoms. The van der Waals surface area contributed by atoms with Crippen molar-refractivity contribution >= 4 is 50.2 Å². The maximum absolute atomic E-state index is 13.3. The van der Waals surface area contributed by atoms with Crippen molar-refractivity contribution in [1.29, 1.82) is 5.26 Å². The van der Waals surface area contributed by atoms with Crippen molar-refractivity contribution < 1.29 is 13.2 Å². The summed E-state index contributed by atoms with van der Waals surface area (Å²) in [7, 11) is 0. The topological polar surface area (TPSA) is 52.5 Å². The van der Waals surface area contributed by atoms with E-state index in [9.17, 15) is 18.4 Å². The van der Waals surface area contributed by atoms with Crippen LogP contribution in [0, 0.1) is 11.3 Å². The van der Waals surface area contributed by atoms with Gasteiger partial charge in [-0.2, -0.15) is 18.4 Å². The van der Waals surface area contributed by atoms with Crippen LogP contribution in [0.5, 0.6) is 0 Å². The van der Waals surface area contributed by atoms with Crippen molar-refractivity contribution in [2.75, 3.05) is 0 Å². The average molecular weight is 427 g/mol. The van der Waals surface area contributed by atoms with Gasteiger partial charge in [-0.1, -0.05) is 11.6 Å². The van der Waals surface area contributed by atoms with Crippen LogP contribution >= 0.6 is 27.5 Å². The molecule has 0 aliphatic carbocycles. The molecule has 3 aromatic rings. The molecule has 0 aliphatic rings. The van der Waals surface area contributed by atoms with E-state index in [1.54, 1.807) is 18.5 Å². The van der Waals surface area contributed by atoms with Crippen molar-refractivity contribution in [3.05, 3.63) is 62.8 Å². The first kappa shape index (κ1) is 17.5. The number of rotatable bonds is 2. The van der Waals surface area contributed by atoms with Gasteiger partial charge in [-0.25, -0.2) is 4.98 Å². The summed E-state index contributed by atoms with van der Waals surface area (Å²) in [6, 6.07) is 6.76. The molecule has 0 bridgehead atoms. The number of hydrogen-bond acceptors (Lipinski definition) is 2. The highest BCUT2D eigenvalue weighted by Crippen LogP contribution is 2.37. The van der Waals surface area contributed by atoms with Gasteiger partial charge in [-0.15, -0.1) is 0 Å². The standard InChI is InChI=1S/C17H8BrClF3N3/c18-11-4-14-10(7-24-16(14)25-8-11)3-9(6-23)13-5-12(19)1-2-15(13)17(20,21)22/h1-5,7-8H,(H,24,25). The van der Waals surface area contributed by atoms with Crippen molar-refractivity contribution in [1.82, 2.24) is 9.97 Å². The largest absolute Gasteiger partial charge is 0.417 e. The number of nitriles is 1. The lowest BCUT2D eigenvalue weighted by Crippen LogP contribution is -2.08. The number of halogens is 5. The van der Waals surface area contributed by atoms with Gasteiger partial charge in [0, 0.05) is 38.4 Å². The maximum atomic E-state index is 13.3. The third kappa shape index (κ3) is 3.55. The Morgan fingerprint density at radius 3 is 2.76 bits per heavy atom. The Hall–Kier alpha value is -2.30. The van der Waals surface area contributed by atoms with Crippen LogP contribution in [0.25, 0.3) is 22.7 Å². The Morgan fingerprint density at radius 2 is 2.08 bits per heavy atom. The normalized spacial score (nSPS) is 12.4. The molecule has 3 nitrogen and oxygen atoms in total. The van der Waals surface area contributed by atoms with Gasteiger partial charge in [0.25, 0.3) is 0 Å². The summed E-state index contributed by atoms with van der Waals surface area (Å²) in [6.07, 6.45) is -0.0377. The van der Waals surface area contributed by atoms with E-state index >= 15 is 0 Å². The molecule has 0 amide bonds. The number of hydrogen-bond donors (Lipinski definition) is 1. The molecule has 0 atom stereocenters. The Morgan fingerprint density at radius 1 is 1.32 bits per heavy atom. The summed E-state index contributed by atoms with van der Waals surface area (Å²) >= 11 is 9.14. The monoisotopic (exact) mass is 425 g/mol. The van der Waals surface area contributed by atoms with Crippen LogP contribution in [0.3, 0.4) is 0 Å². The van der Waals surface area contributed by atoms with E-state index in [4.69, 9.17) is 11.6 Å². The molecule has 0 aliphatic heterocycles. The Labute approximate surface area is 153 Å². The van der Waals surface area contributed by atoms with Gasteiger partial charge >= 0.3 is 6.18 Å². The summed E-state index contributed by atoms with van der Waals surface area (Å²) in [5.74, 6) is 0. The number of H-pyrrole nitrogens is 1. The predicted molar refractivity (Wildman–Crippen MR) is 93.7 cm³/mol. The van der Waals surface area contributed by atoms with E-state index in [0.29, 0.717) is 21.1 Å². The molecule has 126 valence electrons. The number of benzene rings is 1. The molecule has 3 rings (SSSR count). The van der Waals surface area contributed by atoms with Gasteiger partial charge in [0.05, 0.1) is 17.2 Å². The molecule has 0 fully saturated rings. The first-order valence-corrected chi connectivity index (χ1v) is 8.08. The first-order valence-electron chi connectivity index (χ1n) is 6.91. The molecule has 0 unspecified atom stereocenters. The summed E-state index contributed by atoms with van der Waals surface area (Å²) in [5, 5.41) is 10.2. The molecule has 0 saturated heterocycles. The maximum Gasteiger partial charge on any atom is 0.417 e. The van der Waals surface area contributed by atoms with E-state index in [1.807, 2.05) is 6.07 Å². The fraction of sp³-hybridized carbons (Fsp3) is 0.0588. The molecule has 1 N–H and O–H groups in total. The quantitative estimate of drug-likeness (QED) is 0.506. The zero-order valence-corrected chi connectivity index (χ0v) is 14.7. The van der Waals surface area contributed by atoms with Crippen LogP contribution < -0.4 is 0 Å². The van der Waals surface area contributed by atoms with Crippen LogP contribution in [-0.2, 0) is 6.18 Å². The lowest BCUT2D eigenvalue weighted by atomic mass is 9.98. The van der Waals surface area contributed by atoms with Gasteiger partial charge in [0.2, 0.25) is 0 Å². The average Bonchev–Trinajstić information content (AvgIpc) is 2.93. The highest BCUT2D eigenvalue weighted by Gasteiger charge is 2.34. The van der Waals surface area contributed by atoms with E-state index in [1.165, 1.54) is 6.08 Å². The molecule has 2 heterocycles. The number of aromatic amines is 1. The molecule has 0 spiro atoms. The minimum absolute atomic E-state index is 0.118. The smallest absolute Gasteiger partial charge is 0.346 e. The molecule has 1 aromatic carbocycles. The summed E-state index contributed by atoms with van der Waals surface area (Å²) in [4.78, 5) is 7.08.